The van der Waals surface area contributed by atoms with E-state index in [9.17, 15) is 26.8 Å². The summed E-state index contributed by atoms with van der Waals surface area (Å²) in [7, 11) is -3.75. The van der Waals surface area contributed by atoms with Crippen molar-refractivity contribution in [2.75, 3.05) is 35.5 Å². The van der Waals surface area contributed by atoms with Gasteiger partial charge in [-0.15, -0.1) is 0 Å². The molecule has 2 amide bonds. The van der Waals surface area contributed by atoms with Crippen molar-refractivity contribution < 1.29 is 26.8 Å². The number of carbonyl (C=O) groups excluding carboxylic acids is 2. The first-order valence-electron chi connectivity index (χ1n) is 10.8. The predicted molar refractivity (Wildman–Crippen MR) is 123 cm³/mol. The Balaban J connectivity index is 1.53. The summed E-state index contributed by atoms with van der Waals surface area (Å²) < 4.78 is 51.8. The maximum Gasteiger partial charge on any atom is 0.253 e. The van der Waals surface area contributed by atoms with Crippen LogP contribution in [0, 0.1) is 11.6 Å². The van der Waals surface area contributed by atoms with Crippen molar-refractivity contribution in [3.05, 3.63) is 59.7 Å². The summed E-state index contributed by atoms with van der Waals surface area (Å²) in [6.45, 7) is 1.44. The van der Waals surface area contributed by atoms with Gasteiger partial charge < -0.3 is 10.2 Å². The van der Waals surface area contributed by atoms with Crippen LogP contribution >= 0.6 is 0 Å². The lowest BCUT2D eigenvalue weighted by molar-refractivity contribution is -0.116. The van der Waals surface area contributed by atoms with Gasteiger partial charge in [0.25, 0.3) is 5.91 Å². The number of hydrogen-bond acceptors (Lipinski definition) is 4. The van der Waals surface area contributed by atoms with Gasteiger partial charge in [-0.2, -0.15) is 0 Å². The fourth-order valence-electron chi connectivity index (χ4n) is 3.71. The van der Waals surface area contributed by atoms with Crippen molar-refractivity contribution in [1.82, 2.24) is 4.90 Å². The summed E-state index contributed by atoms with van der Waals surface area (Å²) in [6, 6.07) is 9.48. The zero-order chi connectivity index (χ0) is 24.0. The molecule has 1 saturated heterocycles. The molecule has 0 bridgehead atoms. The van der Waals surface area contributed by atoms with Crippen LogP contribution in [0.5, 0.6) is 0 Å². The van der Waals surface area contributed by atoms with Gasteiger partial charge in [0, 0.05) is 43.4 Å². The van der Waals surface area contributed by atoms with E-state index in [0.717, 1.165) is 55.0 Å². The average Bonchev–Trinajstić information content (AvgIpc) is 2.78. The van der Waals surface area contributed by atoms with Crippen molar-refractivity contribution in [3.8, 4) is 0 Å². The molecule has 1 aliphatic heterocycles. The zero-order valence-corrected chi connectivity index (χ0v) is 19.2. The van der Waals surface area contributed by atoms with Crippen molar-refractivity contribution in [1.29, 1.82) is 0 Å². The monoisotopic (exact) mass is 479 g/mol. The molecule has 0 atom stereocenters. The van der Waals surface area contributed by atoms with Crippen LogP contribution in [-0.2, 0) is 14.8 Å². The van der Waals surface area contributed by atoms with Gasteiger partial charge in [-0.25, -0.2) is 17.2 Å². The van der Waals surface area contributed by atoms with Crippen LogP contribution in [0.2, 0.25) is 0 Å². The minimum Gasteiger partial charge on any atom is -0.339 e. The molecule has 1 N–H and O–H groups in total. The maximum atomic E-state index is 13.5. The van der Waals surface area contributed by atoms with E-state index in [-0.39, 0.29) is 36.9 Å². The van der Waals surface area contributed by atoms with Crippen molar-refractivity contribution in [3.63, 3.8) is 0 Å². The van der Waals surface area contributed by atoms with Gasteiger partial charge in [-0.1, -0.05) is 0 Å². The van der Waals surface area contributed by atoms with Crippen LogP contribution in [0.4, 0.5) is 20.2 Å². The molecule has 0 radical (unpaired) electrons. The maximum absolute atomic E-state index is 13.5. The third-order valence-corrected chi connectivity index (χ3v) is 6.61. The Labute approximate surface area is 192 Å². The Kier molecular flexibility index (Phi) is 8.01. The number of amides is 2. The van der Waals surface area contributed by atoms with Crippen LogP contribution < -0.4 is 9.62 Å². The van der Waals surface area contributed by atoms with Crippen LogP contribution in [0.1, 0.15) is 42.5 Å². The van der Waals surface area contributed by atoms with Gasteiger partial charge in [0.05, 0.1) is 11.9 Å². The number of piperidine rings is 1. The molecule has 3 rings (SSSR count). The highest BCUT2D eigenvalue weighted by atomic mass is 32.2. The first kappa shape index (κ1) is 24.6. The Bertz CT molecular complexity index is 1100. The highest BCUT2D eigenvalue weighted by Gasteiger charge is 2.20. The van der Waals surface area contributed by atoms with Crippen molar-refractivity contribution in [2.45, 2.75) is 32.1 Å². The van der Waals surface area contributed by atoms with Gasteiger partial charge in [0.2, 0.25) is 15.9 Å². The molecule has 10 heteroatoms. The van der Waals surface area contributed by atoms with Gasteiger partial charge in [0.15, 0.2) is 11.6 Å². The van der Waals surface area contributed by atoms with Gasteiger partial charge in [0.1, 0.15) is 0 Å². The number of rotatable bonds is 8. The molecule has 178 valence electrons. The van der Waals surface area contributed by atoms with Crippen LogP contribution in [0.15, 0.2) is 42.5 Å². The van der Waals surface area contributed by atoms with Crippen LogP contribution in [0.25, 0.3) is 0 Å². The largest absolute Gasteiger partial charge is 0.339 e. The topological polar surface area (TPSA) is 86.8 Å². The Morgan fingerprint density at radius 1 is 1.00 bits per heavy atom. The molecule has 2 aromatic rings. The van der Waals surface area contributed by atoms with Crippen molar-refractivity contribution in [2.24, 2.45) is 0 Å². The third kappa shape index (κ3) is 6.74. The minimum atomic E-state index is -3.75. The van der Waals surface area contributed by atoms with E-state index in [4.69, 9.17) is 0 Å². The van der Waals surface area contributed by atoms with Gasteiger partial charge in [-0.05, 0) is 62.1 Å². The second-order valence-electron chi connectivity index (χ2n) is 8.02. The van der Waals surface area contributed by atoms with Crippen LogP contribution in [0.3, 0.4) is 0 Å². The molecule has 0 aliphatic carbocycles. The Morgan fingerprint density at radius 2 is 1.67 bits per heavy atom. The first-order chi connectivity index (χ1) is 15.6. The Morgan fingerprint density at radius 3 is 2.27 bits per heavy atom. The normalized spacial score (nSPS) is 14.1. The molecule has 1 heterocycles. The molecule has 0 saturated carbocycles. The molecule has 1 fully saturated rings. The number of halogens is 2. The fourth-order valence-corrected chi connectivity index (χ4v) is 4.67. The molecule has 7 nitrogen and oxygen atoms in total. The Hall–Kier alpha value is -3.01. The summed E-state index contributed by atoms with van der Waals surface area (Å²) in [4.78, 5) is 26.6. The summed E-state index contributed by atoms with van der Waals surface area (Å²) >= 11 is 0. The number of nitrogens with one attached hydrogen (secondary N) is 1. The number of nitrogens with zero attached hydrogens (tertiary/aromatic N) is 2. The van der Waals surface area contributed by atoms with E-state index in [2.05, 4.69) is 5.32 Å². The van der Waals surface area contributed by atoms with E-state index in [1.807, 2.05) is 4.90 Å². The fraction of sp³-hybridized carbons (Fsp3) is 0.391. The number of benzene rings is 2. The molecule has 2 aromatic carbocycles. The summed E-state index contributed by atoms with van der Waals surface area (Å²) in [5.41, 5.74) is 1.08. The quantitative estimate of drug-likeness (QED) is 0.624. The van der Waals surface area contributed by atoms with Crippen LogP contribution in [-0.4, -0.2) is 51.0 Å². The summed E-state index contributed by atoms with van der Waals surface area (Å²) in [5.74, 6) is -2.58. The highest BCUT2D eigenvalue weighted by Crippen LogP contribution is 2.21. The lowest BCUT2D eigenvalue weighted by Gasteiger charge is -2.26. The summed E-state index contributed by atoms with van der Waals surface area (Å²) in [6.07, 6.45) is 4.30. The van der Waals surface area contributed by atoms with E-state index >= 15 is 0 Å². The van der Waals surface area contributed by atoms with Gasteiger partial charge in [-0.3, -0.25) is 13.9 Å². The molecule has 0 spiro atoms. The van der Waals surface area contributed by atoms with E-state index in [1.54, 1.807) is 24.3 Å². The van der Waals surface area contributed by atoms with E-state index < -0.39 is 21.7 Å². The number of hydrogen-bond donors (Lipinski definition) is 1. The van der Waals surface area contributed by atoms with E-state index in [1.165, 1.54) is 6.07 Å². The molecule has 1 aliphatic rings. The number of anilines is 2. The molecular weight excluding hydrogens is 452 g/mol. The molecular formula is C23H27F2N3O4S. The predicted octanol–water partition coefficient (Wildman–Crippen LogP) is 3.78. The lowest BCUT2D eigenvalue weighted by atomic mass is 10.1. The first-order valence-corrected chi connectivity index (χ1v) is 12.6. The number of sulfonamides is 1. The average molecular weight is 480 g/mol. The molecule has 0 unspecified atom stereocenters. The molecule has 33 heavy (non-hydrogen) atoms. The van der Waals surface area contributed by atoms with Gasteiger partial charge >= 0.3 is 0 Å². The summed E-state index contributed by atoms with van der Waals surface area (Å²) in [5, 5.41) is 2.72. The second-order valence-corrected chi connectivity index (χ2v) is 9.92. The molecule has 0 aromatic heterocycles. The number of likely N-dealkylation sites (tertiary alicyclic amines) is 1. The highest BCUT2D eigenvalue weighted by molar-refractivity contribution is 7.92. The standard InChI is InChI=1S/C23H27F2N3O4S/c1-33(31,32)28(19-11-12-20(24)21(25)16-19)15-5-6-22(29)26-18-9-7-17(8-10-18)23(30)27-13-3-2-4-14-27/h7-12,16H,2-6,13-15H2,1H3,(H,26,29). The van der Waals surface area contributed by atoms with E-state index in [0.29, 0.717) is 11.3 Å². The third-order valence-electron chi connectivity index (χ3n) is 5.42. The smallest absolute Gasteiger partial charge is 0.253 e. The second kappa shape index (κ2) is 10.7. The SMILES string of the molecule is CS(=O)(=O)N(CCCC(=O)Nc1ccc(C(=O)N2CCCCC2)cc1)c1ccc(F)c(F)c1. The lowest BCUT2D eigenvalue weighted by Crippen LogP contribution is -2.35. The number of carbonyl (C=O) groups is 2. The zero-order valence-electron chi connectivity index (χ0n) is 18.4. The minimum absolute atomic E-state index is 0.00855. The van der Waals surface area contributed by atoms with Crippen molar-refractivity contribution >= 4 is 33.2 Å².